The van der Waals surface area contributed by atoms with Gasteiger partial charge in [-0.1, -0.05) is 33.8 Å². The van der Waals surface area contributed by atoms with Gasteiger partial charge in [0, 0.05) is 23.6 Å². The number of hydrogen-bond acceptors (Lipinski definition) is 4. The fourth-order valence-corrected chi connectivity index (χ4v) is 4.15. The summed E-state index contributed by atoms with van der Waals surface area (Å²) in [6, 6.07) is 11.9. The molecule has 0 spiro atoms. The van der Waals surface area contributed by atoms with Gasteiger partial charge < -0.3 is 5.32 Å². The maximum Gasteiger partial charge on any atom is 0.257 e. The van der Waals surface area contributed by atoms with E-state index in [0.29, 0.717) is 17.1 Å². The second kappa shape index (κ2) is 8.84. The summed E-state index contributed by atoms with van der Waals surface area (Å²) in [5.41, 5.74) is 1.88. The fourth-order valence-electron chi connectivity index (χ4n) is 3.09. The van der Waals surface area contributed by atoms with E-state index in [4.69, 9.17) is 0 Å². The van der Waals surface area contributed by atoms with Crippen LogP contribution in [-0.2, 0) is 15.4 Å². The molecule has 0 saturated heterocycles. The number of halogens is 1. The highest BCUT2D eigenvalue weighted by Gasteiger charge is 2.23. The van der Waals surface area contributed by atoms with E-state index in [2.05, 4.69) is 15.1 Å². The minimum Gasteiger partial charge on any atom is -0.306 e. The number of amides is 1. The molecule has 0 bridgehead atoms. The summed E-state index contributed by atoms with van der Waals surface area (Å²) in [5, 5.41) is 7.44. The molecule has 32 heavy (non-hydrogen) atoms. The molecule has 2 aromatic carbocycles. The Morgan fingerprint density at radius 1 is 1.09 bits per heavy atom. The van der Waals surface area contributed by atoms with Crippen molar-refractivity contribution in [3.8, 4) is 5.69 Å². The van der Waals surface area contributed by atoms with Crippen molar-refractivity contribution in [1.29, 1.82) is 0 Å². The van der Waals surface area contributed by atoms with E-state index in [0.717, 1.165) is 5.69 Å². The van der Waals surface area contributed by atoms with Crippen LogP contribution in [0.2, 0.25) is 0 Å². The molecule has 1 amide bonds. The number of rotatable bonds is 6. The quantitative estimate of drug-likeness (QED) is 0.580. The Kier molecular flexibility index (Phi) is 6.52. The number of benzene rings is 2. The zero-order valence-electron chi connectivity index (χ0n) is 18.7. The Hall–Kier alpha value is -3.04. The number of aryl methyl sites for hydroxylation is 1. The topological polar surface area (TPSA) is 93.1 Å². The Bertz CT molecular complexity index is 1240. The maximum absolute atomic E-state index is 13.4. The first kappa shape index (κ1) is 23.6. The van der Waals surface area contributed by atoms with Crippen molar-refractivity contribution in [2.24, 2.45) is 0 Å². The van der Waals surface area contributed by atoms with Gasteiger partial charge in [0.2, 0.25) is 10.0 Å². The number of carbonyl (C=O) groups is 1. The monoisotopic (exact) mass is 458 g/mol. The van der Waals surface area contributed by atoms with Gasteiger partial charge in [-0.05, 0) is 48.9 Å². The van der Waals surface area contributed by atoms with Crippen LogP contribution in [0.5, 0.6) is 0 Å². The van der Waals surface area contributed by atoms with Gasteiger partial charge >= 0.3 is 0 Å². The molecule has 0 aliphatic carbocycles. The van der Waals surface area contributed by atoms with Gasteiger partial charge in [-0.2, -0.15) is 5.10 Å². The highest BCUT2D eigenvalue weighted by atomic mass is 32.2. The van der Waals surface area contributed by atoms with Crippen LogP contribution in [0.1, 0.15) is 49.3 Å². The molecule has 1 heterocycles. The minimum absolute atomic E-state index is 0.0116. The SMILES string of the molecule is CCNS(=O)(=O)c1ccc(C)c(C(=O)Nc2cc(C(C)(C)C)nn2-c2ccc(F)cc2)c1. The smallest absolute Gasteiger partial charge is 0.257 e. The minimum atomic E-state index is -3.71. The van der Waals surface area contributed by atoms with E-state index in [1.165, 1.54) is 28.9 Å². The van der Waals surface area contributed by atoms with Crippen LogP contribution in [0, 0.1) is 12.7 Å². The lowest BCUT2D eigenvalue weighted by molar-refractivity contribution is 0.102. The average molecular weight is 459 g/mol. The van der Waals surface area contributed by atoms with Gasteiger partial charge in [0.1, 0.15) is 11.6 Å². The predicted molar refractivity (Wildman–Crippen MR) is 122 cm³/mol. The first-order chi connectivity index (χ1) is 14.9. The lowest BCUT2D eigenvalue weighted by atomic mass is 9.92. The molecule has 170 valence electrons. The van der Waals surface area contributed by atoms with Crippen molar-refractivity contribution < 1.29 is 17.6 Å². The Morgan fingerprint density at radius 3 is 2.34 bits per heavy atom. The van der Waals surface area contributed by atoms with Gasteiger partial charge in [0.05, 0.1) is 16.3 Å². The lowest BCUT2D eigenvalue weighted by Crippen LogP contribution is -2.24. The van der Waals surface area contributed by atoms with Crippen molar-refractivity contribution in [3.63, 3.8) is 0 Å². The van der Waals surface area contributed by atoms with E-state index in [1.807, 2.05) is 20.8 Å². The number of sulfonamides is 1. The third-order valence-electron chi connectivity index (χ3n) is 4.89. The summed E-state index contributed by atoms with van der Waals surface area (Å²) in [6.45, 7) is 9.64. The number of nitrogens with zero attached hydrogens (tertiary/aromatic N) is 2. The third-order valence-corrected chi connectivity index (χ3v) is 6.43. The molecular weight excluding hydrogens is 431 g/mol. The van der Waals surface area contributed by atoms with Crippen LogP contribution in [-0.4, -0.2) is 30.7 Å². The molecule has 0 fully saturated rings. The van der Waals surface area contributed by atoms with E-state index >= 15 is 0 Å². The first-order valence-corrected chi connectivity index (χ1v) is 11.7. The maximum atomic E-state index is 13.4. The van der Waals surface area contributed by atoms with Gasteiger partial charge in [-0.25, -0.2) is 22.2 Å². The van der Waals surface area contributed by atoms with Crippen LogP contribution in [0.3, 0.4) is 0 Å². The molecule has 3 rings (SSSR count). The summed E-state index contributed by atoms with van der Waals surface area (Å²) in [7, 11) is -3.71. The van der Waals surface area contributed by atoms with Crippen LogP contribution in [0.4, 0.5) is 10.2 Å². The zero-order valence-corrected chi connectivity index (χ0v) is 19.5. The summed E-state index contributed by atoms with van der Waals surface area (Å²) >= 11 is 0. The molecule has 3 aromatic rings. The third kappa shape index (κ3) is 5.05. The molecule has 0 atom stereocenters. The van der Waals surface area contributed by atoms with Crippen molar-refractivity contribution in [3.05, 3.63) is 71.2 Å². The lowest BCUT2D eigenvalue weighted by Gasteiger charge is -2.14. The van der Waals surface area contributed by atoms with Crippen molar-refractivity contribution in [1.82, 2.24) is 14.5 Å². The number of nitrogens with one attached hydrogen (secondary N) is 2. The molecular formula is C23H27FN4O3S. The Balaban J connectivity index is 2.02. The molecule has 0 aliphatic heterocycles. The second-order valence-corrected chi connectivity index (χ2v) is 10.3. The van der Waals surface area contributed by atoms with E-state index < -0.39 is 15.9 Å². The molecule has 0 radical (unpaired) electrons. The van der Waals surface area contributed by atoms with Crippen LogP contribution in [0.15, 0.2) is 53.4 Å². The number of anilines is 1. The molecule has 2 N–H and O–H groups in total. The molecule has 0 aliphatic rings. The Morgan fingerprint density at radius 2 is 1.75 bits per heavy atom. The van der Waals surface area contributed by atoms with Crippen molar-refractivity contribution in [2.45, 2.75) is 44.9 Å². The summed E-state index contributed by atoms with van der Waals surface area (Å²) in [6.07, 6.45) is 0. The normalized spacial score (nSPS) is 12.1. The largest absolute Gasteiger partial charge is 0.306 e. The van der Waals surface area contributed by atoms with Gasteiger partial charge in [0.15, 0.2) is 0 Å². The van der Waals surface area contributed by atoms with Crippen molar-refractivity contribution in [2.75, 3.05) is 11.9 Å². The van der Waals surface area contributed by atoms with Crippen LogP contribution < -0.4 is 10.0 Å². The van der Waals surface area contributed by atoms with Gasteiger partial charge in [-0.15, -0.1) is 0 Å². The van der Waals surface area contributed by atoms with E-state index in [1.54, 1.807) is 38.1 Å². The van der Waals surface area contributed by atoms with E-state index in [-0.39, 0.29) is 28.2 Å². The van der Waals surface area contributed by atoms with Gasteiger partial charge in [0.25, 0.3) is 5.91 Å². The summed E-state index contributed by atoms with van der Waals surface area (Å²) < 4.78 is 42.1. The number of aromatic nitrogens is 2. The fraction of sp³-hybridized carbons (Fsp3) is 0.304. The van der Waals surface area contributed by atoms with E-state index in [9.17, 15) is 17.6 Å². The van der Waals surface area contributed by atoms with Crippen LogP contribution >= 0.6 is 0 Å². The van der Waals surface area contributed by atoms with Crippen molar-refractivity contribution >= 4 is 21.7 Å². The number of hydrogen-bond donors (Lipinski definition) is 2. The number of carbonyl (C=O) groups excluding carboxylic acids is 1. The zero-order chi connectivity index (χ0) is 23.7. The highest BCUT2D eigenvalue weighted by molar-refractivity contribution is 7.89. The second-order valence-electron chi connectivity index (χ2n) is 8.49. The summed E-state index contributed by atoms with van der Waals surface area (Å²) in [5.74, 6) is -0.456. The predicted octanol–water partition coefficient (Wildman–Crippen LogP) is 4.17. The molecule has 0 saturated carbocycles. The molecule has 9 heteroatoms. The highest BCUT2D eigenvalue weighted by Crippen LogP contribution is 2.27. The average Bonchev–Trinajstić information content (AvgIpc) is 3.13. The van der Waals surface area contributed by atoms with Crippen LogP contribution in [0.25, 0.3) is 5.69 Å². The standard InChI is InChI=1S/C23H27FN4O3S/c1-6-25-32(30,31)18-12-7-15(2)19(13-18)22(29)26-21-14-20(23(3,4)5)27-28(21)17-10-8-16(24)9-11-17/h7-14,25H,6H2,1-5H3,(H,26,29). The van der Waals surface area contributed by atoms with Gasteiger partial charge in [-0.3, -0.25) is 4.79 Å². The summed E-state index contributed by atoms with van der Waals surface area (Å²) in [4.78, 5) is 13.2. The first-order valence-electron chi connectivity index (χ1n) is 10.2. The molecule has 7 nitrogen and oxygen atoms in total. The Labute approximate surface area is 187 Å². The molecule has 0 unspecified atom stereocenters. The molecule has 1 aromatic heterocycles.